The Morgan fingerprint density at radius 2 is 0.784 bits per heavy atom. The standard InChI is InChI=1S/C25H26ClF2N3O3.2C24H25BrN4O.C24H22F3N3O/c1-15-24(22(33)14-30-10-8-19(32)9-11-30)20-7-2-16(25(27,28)13-23(29)34)12-21(20)31(15)18-5-3-17(26)4-6-18;2*1-15-9-16(2)13-28(12-15)14-22(30)23-17(3)29(20-7-5-19(26-4)6-8-20)21-10-18(25)11-27-24(21)23;1-16-23(22(31)15-29-12-4-3-5-13-29)20-11-6-17(24(25,26)27)14-21(20)30(16)19-9-7-18(28-2)8-10-19/h2-7,12,19,32H,8-11,13-14H2,1H3,(H2,29,34);2*5-8,10-11,15-16H,9,12-14H2,1-3H3;6-11,14H,3-5,12-13,15H2,1H3/t;2*15-,16-;/m.10./s1. The number of nitrogens with two attached hydrogens (primary N) is 1. The summed E-state index contributed by atoms with van der Waals surface area (Å²) >= 11 is 13.1. The average molecular weight is 1850 g/mol. The summed E-state index contributed by atoms with van der Waals surface area (Å²) in [5.74, 6) is -2.07. The highest BCUT2D eigenvalue weighted by Crippen LogP contribution is 2.42. The maximum Gasteiger partial charge on any atom is 0.416 e. The van der Waals surface area contributed by atoms with Crippen molar-refractivity contribution in [1.29, 1.82) is 0 Å². The zero-order valence-electron chi connectivity index (χ0n) is 70.9. The van der Waals surface area contributed by atoms with Gasteiger partial charge in [-0.1, -0.05) is 100 Å². The molecule has 4 aliphatic rings. The van der Waals surface area contributed by atoms with E-state index < -0.39 is 30.0 Å². The number of piperidine rings is 4. The fraction of sp³-hybridized carbons (Fsp3) is 0.361. The minimum Gasteiger partial charge on any atom is -0.393 e. The summed E-state index contributed by atoms with van der Waals surface area (Å²) in [4.78, 5) is 93.0. The molecule has 6 aromatic carbocycles. The molecule has 0 unspecified atom stereocenters. The number of alkyl halides is 5. The molecule has 10 heterocycles. The molecule has 4 atom stereocenters. The molecule has 0 bridgehead atoms. The monoisotopic (exact) mass is 1840 g/mol. The van der Waals surface area contributed by atoms with E-state index in [9.17, 15) is 51.0 Å². The molecule has 4 saturated heterocycles. The summed E-state index contributed by atoms with van der Waals surface area (Å²) in [7, 11) is 0. The van der Waals surface area contributed by atoms with Crippen LogP contribution in [0.2, 0.25) is 5.02 Å². The van der Waals surface area contributed by atoms with Gasteiger partial charge in [0.15, 0.2) is 40.2 Å². The second-order valence-corrected chi connectivity index (χ2v) is 36.0. The Morgan fingerprint density at radius 1 is 0.456 bits per heavy atom. The minimum atomic E-state index is -4.48. The van der Waals surface area contributed by atoms with Gasteiger partial charge in [-0.15, -0.1) is 0 Å². The van der Waals surface area contributed by atoms with Crippen LogP contribution in [-0.4, -0.2) is 167 Å². The van der Waals surface area contributed by atoms with Crippen LogP contribution < -0.4 is 5.73 Å². The molecule has 20 nitrogen and oxygen atoms in total. The van der Waals surface area contributed by atoms with E-state index >= 15 is 0 Å². The van der Waals surface area contributed by atoms with Gasteiger partial charge in [-0.3, -0.25) is 53.5 Å². The smallest absolute Gasteiger partial charge is 0.393 e. The Bertz CT molecular complexity index is 5980. The largest absolute Gasteiger partial charge is 0.416 e. The van der Waals surface area contributed by atoms with E-state index in [-0.39, 0.29) is 47.9 Å². The normalized spacial score (nSPS) is 17.5. The summed E-state index contributed by atoms with van der Waals surface area (Å²) in [5, 5.41) is 11.3. The Kier molecular flexibility index (Phi) is 28.9. The molecule has 3 N–H and O–H groups in total. The highest BCUT2D eigenvalue weighted by atomic mass is 79.9. The molecule has 6 aromatic heterocycles. The molecule has 4 aliphatic heterocycles. The van der Waals surface area contributed by atoms with Gasteiger partial charge >= 0.3 is 6.18 Å². The quantitative estimate of drug-likeness (QED) is 0.0441. The number of aliphatic hydroxyl groups excluding tert-OH is 1. The third-order valence-corrected chi connectivity index (χ3v) is 25.0. The molecular formula is C97H98Br2ClF5N14O6. The number of carbonyl (C=O) groups excluding carboxylic acids is 5. The van der Waals surface area contributed by atoms with Crippen molar-refractivity contribution >= 4 is 133 Å². The van der Waals surface area contributed by atoms with Crippen LogP contribution in [0.3, 0.4) is 0 Å². The van der Waals surface area contributed by atoms with Gasteiger partial charge in [0.2, 0.25) is 5.91 Å². The molecule has 1 amide bonds. The lowest BCUT2D eigenvalue weighted by Gasteiger charge is -2.34. The first-order valence-electron chi connectivity index (χ1n) is 41.9. The summed E-state index contributed by atoms with van der Waals surface area (Å²) in [6, 6.07) is 40.0. The van der Waals surface area contributed by atoms with Gasteiger partial charge in [0.25, 0.3) is 5.92 Å². The number of ketones is 4. The number of benzene rings is 6. The molecule has 125 heavy (non-hydrogen) atoms. The second kappa shape index (κ2) is 39.3. The van der Waals surface area contributed by atoms with E-state index in [4.69, 9.17) is 37.1 Å². The molecule has 0 radical (unpaired) electrons. The SMILES string of the molecule is Cc1c(C(=O)CN2CCC(O)CC2)c2ccc(C(F)(F)CC(N)=O)cc2n1-c1ccc(Cl)cc1.[C-]#[N+]c1ccc(-n2c(C)c(C(=O)CN3CCCCC3)c3ccc(C(F)(F)F)cc32)cc1.[C-]#[N+]c1ccc(-n2c(C)c(C(=O)CN3C[C@@H](C)C[C@H](C)C3)c3ncc(Br)cc32)cc1.[C-]#[N+]c1ccc(-n2c(C)c(C(=O)CN3C[C@H](C)C[C@@H](C)C3)c3ncc(Br)cc32)cc1. The van der Waals surface area contributed by atoms with Gasteiger partial charge in [-0.25, -0.2) is 23.3 Å². The fourth-order valence-corrected chi connectivity index (χ4v) is 19.3. The molecule has 4 fully saturated rings. The van der Waals surface area contributed by atoms with Crippen LogP contribution in [0.25, 0.3) is 81.2 Å². The number of fused-ring (bicyclic) bond motifs is 4. The summed E-state index contributed by atoms with van der Waals surface area (Å²) in [6.45, 7) is 46.1. The summed E-state index contributed by atoms with van der Waals surface area (Å²) in [6.07, 6.45) is 4.48. The number of halogens is 8. The summed E-state index contributed by atoms with van der Waals surface area (Å²) in [5.41, 5.74) is 18.0. The predicted octanol–water partition coefficient (Wildman–Crippen LogP) is 22.0. The third-order valence-electron chi connectivity index (χ3n) is 23.8. The van der Waals surface area contributed by atoms with Crippen molar-refractivity contribution in [3.05, 3.63) is 262 Å². The first-order valence-corrected chi connectivity index (χ1v) is 43.8. The Hall–Kier alpha value is -10.9. The number of likely N-dealkylation sites (tertiary alicyclic amines) is 4. The summed E-state index contributed by atoms with van der Waals surface area (Å²) < 4.78 is 78.9. The highest BCUT2D eigenvalue weighted by molar-refractivity contribution is 9.10. The number of amides is 1. The van der Waals surface area contributed by atoms with E-state index in [1.54, 1.807) is 108 Å². The van der Waals surface area contributed by atoms with Crippen LogP contribution in [0, 0.1) is 71.1 Å². The number of aromatic nitrogens is 6. The topological polar surface area (TPSA) is 203 Å². The van der Waals surface area contributed by atoms with Crippen molar-refractivity contribution in [3.63, 3.8) is 0 Å². The maximum absolute atomic E-state index is 14.7. The number of hydrogen-bond acceptors (Lipinski definition) is 12. The van der Waals surface area contributed by atoms with E-state index in [0.29, 0.717) is 152 Å². The average Bonchev–Trinajstić information content (AvgIpc) is 1.62. The van der Waals surface area contributed by atoms with Crippen LogP contribution in [0.4, 0.5) is 39.0 Å². The molecule has 0 aliphatic carbocycles. The van der Waals surface area contributed by atoms with Crippen molar-refractivity contribution in [2.45, 2.75) is 125 Å². The number of carbonyl (C=O) groups is 5. The van der Waals surface area contributed by atoms with E-state index in [1.165, 1.54) is 37.1 Å². The van der Waals surface area contributed by atoms with Gasteiger partial charge < -0.3 is 29.1 Å². The number of primary amides is 1. The number of aliphatic hydroxyl groups is 1. The van der Waals surface area contributed by atoms with Crippen molar-refractivity contribution in [2.24, 2.45) is 29.4 Å². The minimum absolute atomic E-state index is 0.0827. The first kappa shape index (κ1) is 91.8. The number of hydrogen-bond donors (Lipinski definition) is 2. The number of rotatable bonds is 19. The van der Waals surface area contributed by atoms with Crippen LogP contribution in [0.1, 0.15) is 154 Å². The molecule has 0 saturated carbocycles. The van der Waals surface area contributed by atoms with Gasteiger partial charge in [-0.05, 0) is 226 Å². The number of Topliss-reactive ketones (excluding diaryl/α,β-unsaturated/α-hetero) is 4. The lowest BCUT2D eigenvalue weighted by atomic mass is 9.91. The van der Waals surface area contributed by atoms with E-state index in [0.717, 1.165) is 124 Å². The van der Waals surface area contributed by atoms with Crippen LogP contribution >= 0.6 is 43.5 Å². The fourth-order valence-electron chi connectivity index (χ4n) is 18.6. The van der Waals surface area contributed by atoms with Crippen molar-refractivity contribution in [2.75, 3.05) is 78.5 Å². The Morgan fingerprint density at radius 3 is 1.15 bits per heavy atom. The lowest BCUT2D eigenvalue weighted by molar-refractivity contribution is -0.137. The molecule has 12 aromatic rings. The van der Waals surface area contributed by atoms with Crippen molar-refractivity contribution in [1.82, 2.24) is 47.8 Å². The van der Waals surface area contributed by atoms with Crippen LogP contribution in [0.5, 0.6) is 0 Å². The highest BCUT2D eigenvalue weighted by Gasteiger charge is 2.38. The van der Waals surface area contributed by atoms with Gasteiger partial charge in [0.05, 0.1) is 108 Å². The number of pyridine rings is 2. The Balaban J connectivity index is 0.000000143. The molecule has 28 heteroatoms. The molecule has 0 spiro atoms. The van der Waals surface area contributed by atoms with Gasteiger partial charge in [0, 0.05) is 139 Å². The lowest BCUT2D eigenvalue weighted by Crippen LogP contribution is -2.41. The van der Waals surface area contributed by atoms with E-state index in [1.807, 2.05) is 55.1 Å². The van der Waals surface area contributed by atoms with Crippen molar-refractivity contribution < 1.29 is 51.0 Å². The van der Waals surface area contributed by atoms with Crippen LogP contribution in [0.15, 0.2) is 167 Å². The van der Waals surface area contributed by atoms with Gasteiger partial charge in [-0.2, -0.15) is 13.2 Å². The maximum atomic E-state index is 14.7. The predicted molar refractivity (Wildman–Crippen MR) is 488 cm³/mol. The van der Waals surface area contributed by atoms with Crippen LogP contribution in [-0.2, 0) is 16.9 Å². The third kappa shape index (κ3) is 21.0. The van der Waals surface area contributed by atoms with Gasteiger partial charge in [0.1, 0.15) is 0 Å². The number of nitrogens with zero attached hydrogens (tertiary/aromatic N) is 13. The molecular weight excluding hydrogens is 1750 g/mol. The molecule has 648 valence electrons. The second-order valence-electron chi connectivity index (χ2n) is 33.7. The zero-order valence-corrected chi connectivity index (χ0v) is 74.9. The molecule has 16 rings (SSSR count). The van der Waals surface area contributed by atoms with E-state index in [2.05, 4.69) is 108 Å². The van der Waals surface area contributed by atoms with Crippen molar-refractivity contribution in [3.8, 4) is 22.7 Å². The zero-order chi connectivity index (χ0) is 89.6. The Labute approximate surface area is 745 Å². The first-order chi connectivity index (χ1) is 59.6.